The largest absolute Gasteiger partial charge is 0.481 e. The van der Waals surface area contributed by atoms with Crippen LogP contribution < -0.4 is 10.9 Å². The zero-order valence-corrected chi connectivity index (χ0v) is 16.1. The van der Waals surface area contributed by atoms with Gasteiger partial charge in [0.25, 0.3) is 5.56 Å². The number of aliphatic carboxylic acids is 1. The molecule has 6 rings (SSSR count). The topological polar surface area (TPSA) is 97.4 Å². The molecule has 148 valence electrons. The lowest BCUT2D eigenvalue weighted by Crippen LogP contribution is -2.61. The summed E-state index contributed by atoms with van der Waals surface area (Å²) in [6.45, 7) is 0.398. The molecule has 0 spiro atoms. The Morgan fingerprint density at radius 1 is 1.36 bits per heavy atom. The second kappa shape index (κ2) is 6.11. The Balaban J connectivity index is 1.49. The van der Waals surface area contributed by atoms with Gasteiger partial charge in [-0.25, -0.2) is 4.68 Å². The van der Waals surface area contributed by atoms with Crippen molar-refractivity contribution in [2.45, 2.75) is 50.6 Å². The third-order valence-electron chi connectivity index (χ3n) is 6.89. The molecule has 4 saturated carbocycles. The van der Waals surface area contributed by atoms with Crippen molar-refractivity contribution in [2.24, 2.45) is 17.3 Å². The van der Waals surface area contributed by atoms with Gasteiger partial charge >= 0.3 is 5.97 Å². The number of halogens is 1. The molecule has 2 aromatic heterocycles. The van der Waals surface area contributed by atoms with Crippen molar-refractivity contribution in [3.05, 3.63) is 45.7 Å². The molecule has 4 fully saturated rings. The molecule has 28 heavy (non-hydrogen) atoms. The maximum Gasteiger partial charge on any atom is 0.309 e. The van der Waals surface area contributed by atoms with Crippen LogP contribution in [0.25, 0.3) is 0 Å². The van der Waals surface area contributed by atoms with Gasteiger partial charge in [0.05, 0.1) is 35.6 Å². The third kappa shape index (κ3) is 2.59. The molecule has 7 nitrogen and oxygen atoms in total. The second-order valence-corrected chi connectivity index (χ2v) is 9.17. The Morgan fingerprint density at radius 2 is 2.11 bits per heavy atom. The van der Waals surface area contributed by atoms with Crippen LogP contribution in [0.2, 0.25) is 5.02 Å². The van der Waals surface area contributed by atoms with Crippen LogP contribution in [0.15, 0.2) is 33.8 Å². The second-order valence-electron chi connectivity index (χ2n) is 8.79. The van der Waals surface area contributed by atoms with Gasteiger partial charge in [0.15, 0.2) is 0 Å². The fourth-order valence-corrected chi connectivity index (χ4v) is 6.40. The molecular formula is C20H22ClN3O4. The Labute approximate surface area is 166 Å². The van der Waals surface area contributed by atoms with Gasteiger partial charge in [0.2, 0.25) is 0 Å². The molecule has 8 heteroatoms. The summed E-state index contributed by atoms with van der Waals surface area (Å²) in [6, 6.07) is 3.62. The van der Waals surface area contributed by atoms with Gasteiger partial charge in [0.1, 0.15) is 10.8 Å². The van der Waals surface area contributed by atoms with E-state index in [1.807, 2.05) is 6.07 Å². The molecule has 2 unspecified atom stereocenters. The predicted molar refractivity (Wildman–Crippen MR) is 102 cm³/mol. The highest BCUT2D eigenvalue weighted by molar-refractivity contribution is 6.32. The molecule has 0 aliphatic heterocycles. The van der Waals surface area contributed by atoms with Crippen LogP contribution in [0, 0.1) is 17.3 Å². The molecule has 4 aliphatic carbocycles. The molecule has 0 saturated heterocycles. The SMILES string of the molecule is O=C(O)C12CC3CC(C1)CC(n1ncc(NCc4ccco4)c(Cl)c1=O)(C3)C2. The lowest BCUT2D eigenvalue weighted by atomic mass is 9.47. The molecule has 0 radical (unpaired) electrons. The summed E-state index contributed by atoms with van der Waals surface area (Å²) >= 11 is 6.39. The number of carboxylic acid groups (broad SMARTS) is 1. The first-order valence-corrected chi connectivity index (χ1v) is 10.1. The van der Waals surface area contributed by atoms with E-state index in [0.717, 1.165) is 25.0 Å². The Hall–Kier alpha value is -2.28. The maximum atomic E-state index is 13.1. The van der Waals surface area contributed by atoms with E-state index in [9.17, 15) is 14.7 Å². The first kappa shape index (κ1) is 17.8. The Morgan fingerprint density at radius 3 is 2.75 bits per heavy atom. The number of furan rings is 1. The molecule has 2 heterocycles. The molecule has 0 amide bonds. The summed E-state index contributed by atoms with van der Waals surface area (Å²) in [5.41, 5.74) is -1.16. The van der Waals surface area contributed by atoms with E-state index in [-0.39, 0.29) is 10.6 Å². The van der Waals surface area contributed by atoms with E-state index < -0.39 is 16.9 Å². The Kier molecular flexibility index (Phi) is 3.88. The standard InChI is InChI=1S/C20H22ClN3O4/c21-16-15(22-9-14-2-1-3-28-14)10-23-24(17(16)25)20-7-12-4-13(8-20)6-19(5-12,11-20)18(26)27/h1-3,10,12-13,22H,4-9,11H2,(H,26,27). The number of carboxylic acids is 1. The molecule has 4 bridgehead atoms. The number of nitrogens with one attached hydrogen (secondary N) is 1. The number of anilines is 1. The van der Waals surface area contributed by atoms with Crippen LogP contribution in [0.1, 0.15) is 44.3 Å². The van der Waals surface area contributed by atoms with Crippen LogP contribution in [0.5, 0.6) is 0 Å². The minimum atomic E-state index is -0.734. The van der Waals surface area contributed by atoms with E-state index in [1.165, 1.54) is 4.68 Å². The minimum Gasteiger partial charge on any atom is -0.481 e. The minimum absolute atomic E-state index is 0.0849. The summed E-state index contributed by atoms with van der Waals surface area (Å²) in [6.07, 6.45) is 7.71. The van der Waals surface area contributed by atoms with E-state index in [1.54, 1.807) is 18.5 Å². The normalized spacial score (nSPS) is 33.2. The van der Waals surface area contributed by atoms with Gasteiger partial charge in [-0.1, -0.05) is 11.6 Å². The van der Waals surface area contributed by atoms with E-state index in [2.05, 4.69) is 10.4 Å². The first-order valence-electron chi connectivity index (χ1n) is 9.69. The van der Waals surface area contributed by atoms with Crippen molar-refractivity contribution in [1.82, 2.24) is 9.78 Å². The van der Waals surface area contributed by atoms with Crippen LogP contribution >= 0.6 is 11.6 Å². The van der Waals surface area contributed by atoms with Crippen molar-refractivity contribution in [2.75, 3.05) is 5.32 Å². The lowest BCUT2D eigenvalue weighted by Gasteiger charge is -2.60. The number of carbonyl (C=O) groups is 1. The van der Waals surface area contributed by atoms with Gasteiger partial charge in [-0.3, -0.25) is 9.59 Å². The van der Waals surface area contributed by atoms with Crippen molar-refractivity contribution in [1.29, 1.82) is 0 Å². The van der Waals surface area contributed by atoms with Crippen molar-refractivity contribution < 1.29 is 14.3 Å². The monoisotopic (exact) mass is 403 g/mol. The number of aromatic nitrogens is 2. The summed E-state index contributed by atoms with van der Waals surface area (Å²) in [5, 5.41) is 17.5. The molecule has 2 N–H and O–H groups in total. The number of nitrogens with zero attached hydrogens (tertiary/aromatic N) is 2. The summed E-state index contributed by atoms with van der Waals surface area (Å²) < 4.78 is 6.77. The van der Waals surface area contributed by atoms with Crippen molar-refractivity contribution >= 4 is 23.3 Å². The van der Waals surface area contributed by atoms with Gasteiger partial charge in [-0.15, -0.1) is 0 Å². The zero-order valence-electron chi connectivity index (χ0n) is 15.4. The Bertz CT molecular complexity index is 970. The highest BCUT2D eigenvalue weighted by atomic mass is 35.5. The summed E-state index contributed by atoms with van der Waals surface area (Å²) in [7, 11) is 0. The highest BCUT2D eigenvalue weighted by Gasteiger charge is 2.62. The number of hydrogen-bond donors (Lipinski definition) is 2. The van der Waals surface area contributed by atoms with Crippen LogP contribution in [-0.4, -0.2) is 20.9 Å². The molecule has 2 aromatic rings. The van der Waals surface area contributed by atoms with E-state index in [4.69, 9.17) is 16.0 Å². The predicted octanol–water partition coefficient (Wildman–Crippen LogP) is 3.48. The van der Waals surface area contributed by atoms with Gasteiger partial charge < -0.3 is 14.8 Å². The summed E-state index contributed by atoms with van der Waals surface area (Å²) in [4.78, 5) is 25.2. The molecular weight excluding hydrogens is 382 g/mol. The highest BCUT2D eigenvalue weighted by Crippen LogP contribution is 2.63. The first-order chi connectivity index (χ1) is 13.4. The fraction of sp³-hybridized carbons (Fsp3) is 0.550. The molecule has 4 aliphatic rings. The van der Waals surface area contributed by atoms with Gasteiger partial charge in [0, 0.05) is 0 Å². The van der Waals surface area contributed by atoms with E-state index >= 15 is 0 Å². The summed E-state index contributed by atoms with van der Waals surface area (Å²) in [5.74, 6) is 0.662. The van der Waals surface area contributed by atoms with E-state index in [0.29, 0.717) is 43.3 Å². The third-order valence-corrected chi connectivity index (χ3v) is 7.25. The molecule has 2 atom stereocenters. The van der Waals surface area contributed by atoms with Gasteiger partial charge in [-0.2, -0.15) is 5.10 Å². The average Bonchev–Trinajstić information content (AvgIpc) is 3.15. The molecule has 0 aromatic carbocycles. The quantitative estimate of drug-likeness (QED) is 0.793. The van der Waals surface area contributed by atoms with Crippen molar-refractivity contribution in [3.8, 4) is 0 Å². The van der Waals surface area contributed by atoms with Crippen LogP contribution in [-0.2, 0) is 16.9 Å². The fourth-order valence-electron chi connectivity index (χ4n) is 6.20. The van der Waals surface area contributed by atoms with Crippen LogP contribution in [0.3, 0.4) is 0 Å². The number of rotatable bonds is 5. The van der Waals surface area contributed by atoms with Crippen molar-refractivity contribution in [3.63, 3.8) is 0 Å². The number of hydrogen-bond acceptors (Lipinski definition) is 5. The van der Waals surface area contributed by atoms with Gasteiger partial charge in [-0.05, 0) is 62.5 Å². The lowest BCUT2D eigenvalue weighted by molar-refractivity contribution is -0.173. The smallest absolute Gasteiger partial charge is 0.309 e. The van der Waals surface area contributed by atoms with Crippen LogP contribution in [0.4, 0.5) is 5.69 Å². The average molecular weight is 404 g/mol. The maximum absolute atomic E-state index is 13.1. The zero-order chi connectivity index (χ0) is 19.5.